The minimum atomic E-state index is 0.141. The summed E-state index contributed by atoms with van der Waals surface area (Å²) < 4.78 is 5.42. The molecule has 16 heavy (non-hydrogen) atoms. The van der Waals surface area contributed by atoms with Crippen molar-refractivity contribution >= 4 is 12.1 Å². The van der Waals surface area contributed by atoms with Crippen molar-refractivity contribution in [1.29, 1.82) is 0 Å². The lowest BCUT2D eigenvalue weighted by molar-refractivity contribution is -0.111. The van der Waals surface area contributed by atoms with Gasteiger partial charge in [-0.25, -0.2) is 4.98 Å². The first kappa shape index (κ1) is 9.78. The van der Waals surface area contributed by atoms with Crippen LogP contribution in [0.15, 0.2) is 0 Å². The van der Waals surface area contributed by atoms with Gasteiger partial charge in [0.05, 0.1) is 13.2 Å². The molecular weight excluding hydrogens is 204 g/mol. The number of nitrogens with two attached hydrogens (primary N) is 1. The summed E-state index contributed by atoms with van der Waals surface area (Å²) in [5.41, 5.74) is 10.4. The van der Waals surface area contributed by atoms with E-state index >= 15 is 0 Å². The number of fused-ring (bicyclic) bond motifs is 3. The molecule has 4 heteroatoms. The summed E-state index contributed by atoms with van der Waals surface area (Å²) in [5.74, 6) is 0.749. The molecule has 2 heterocycles. The summed E-state index contributed by atoms with van der Waals surface area (Å²) in [6.07, 6.45) is 3.61. The van der Waals surface area contributed by atoms with Gasteiger partial charge < -0.3 is 15.3 Å². The Labute approximate surface area is 93.8 Å². The zero-order chi connectivity index (χ0) is 11.1. The fourth-order valence-electron chi connectivity index (χ4n) is 2.63. The maximum Gasteiger partial charge on any atom is 0.129 e. The molecule has 4 nitrogen and oxygen atoms in total. The molecule has 1 atom stereocenters. The van der Waals surface area contributed by atoms with Crippen LogP contribution in [0.3, 0.4) is 0 Å². The maximum absolute atomic E-state index is 10.9. The van der Waals surface area contributed by atoms with Crippen LogP contribution < -0.4 is 5.73 Å². The number of pyridine rings is 1. The molecule has 1 aromatic rings. The molecule has 0 amide bonds. The van der Waals surface area contributed by atoms with Gasteiger partial charge in [-0.2, -0.15) is 0 Å². The summed E-state index contributed by atoms with van der Waals surface area (Å²) >= 11 is 0. The van der Waals surface area contributed by atoms with Crippen LogP contribution >= 0.6 is 0 Å². The molecule has 2 N–H and O–H groups in total. The van der Waals surface area contributed by atoms with E-state index in [-0.39, 0.29) is 5.92 Å². The molecule has 0 aromatic carbocycles. The Morgan fingerprint density at radius 1 is 1.31 bits per heavy atom. The lowest BCUT2D eigenvalue weighted by Crippen LogP contribution is -2.19. The molecule has 0 fully saturated rings. The van der Waals surface area contributed by atoms with Crippen molar-refractivity contribution in [2.24, 2.45) is 5.92 Å². The number of anilines is 1. The van der Waals surface area contributed by atoms with Crippen LogP contribution in [0.1, 0.15) is 28.8 Å². The first-order valence-electron chi connectivity index (χ1n) is 5.61. The summed E-state index contributed by atoms with van der Waals surface area (Å²) in [7, 11) is 0. The van der Waals surface area contributed by atoms with E-state index in [1.807, 2.05) is 0 Å². The lowest BCUT2D eigenvalue weighted by atomic mass is 9.84. The van der Waals surface area contributed by atoms with E-state index in [1.165, 1.54) is 11.1 Å². The van der Waals surface area contributed by atoms with Gasteiger partial charge in [-0.05, 0) is 30.4 Å². The minimum absolute atomic E-state index is 0.141. The zero-order valence-corrected chi connectivity index (χ0v) is 9.03. The van der Waals surface area contributed by atoms with Gasteiger partial charge in [-0.3, -0.25) is 0 Å². The summed E-state index contributed by atoms with van der Waals surface area (Å²) in [4.78, 5) is 15.3. The Kier molecular flexibility index (Phi) is 2.17. The van der Waals surface area contributed by atoms with Gasteiger partial charge in [0.1, 0.15) is 12.1 Å². The minimum Gasteiger partial charge on any atom is -0.383 e. The highest BCUT2D eigenvalue weighted by molar-refractivity contribution is 5.58. The van der Waals surface area contributed by atoms with E-state index in [4.69, 9.17) is 10.5 Å². The Morgan fingerprint density at radius 2 is 2.12 bits per heavy atom. The van der Waals surface area contributed by atoms with Gasteiger partial charge >= 0.3 is 0 Å². The molecule has 0 saturated heterocycles. The molecule has 0 spiro atoms. The third kappa shape index (κ3) is 1.33. The normalized spacial score (nSPS) is 22.6. The van der Waals surface area contributed by atoms with Gasteiger partial charge in [0.2, 0.25) is 0 Å². The standard InChI is InChI=1S/C12H14N2O2/c13-12-10-6-16-5-9(10)8-3-7(4-15)1-2-11(8)14-12/h4,7H,1-3,5-6H2,(H2,13,14). The van der Waals surface area contributed by atoms with Gasteiger partial charge in [0.25, 0.3) is 0 Å². The van der Waals surface area contributed by atoms with Crippen LogP contribution in [-0.2, 0) is 35.6 Å². The van der Waals surface area contributed by atoms with Crippen molar-refractivity contribution in [3.63, 3.8) is 0 Å². The highest BCUT2D eigenvalue weighted by atomic mass is 16.5. The van der Waals surface area contributed by atoms with Crippen molar-refractivity contribution in [3.05, 3.63) is 22.4 Å². The van der Waals surface area contributed by atoms with Crippen LogP contribution in [0.25, 0.3) is 0 Å². The molecule has 84 valence electrons. The zero-order valence-electron chi connectivity index (χ0n) is 9.03. The number of aryl methyl sites for hydroxylation is 1. The molecule has 0 saturated carbocycles. The topological polar surface area (TPSA) is 65.2 Å². The number of aldehydes is 1. The first-order chi connectivity index (χ1) is 7.79. The molecular formula is C12H14N2O2. The average molecular weight is 218 g/mol. The second-order valence-electron chi connectivity index (χ2n) is 4.51. The fraction of sp³-hybridized carbons (Fsp3) is 0.500. The second kappa shape index (κ2) is 3.56. The lowest BCUT2D eigenvalue weighted by Gasteiger charge is -2.22. The highest BCUT2D eigenvalue weighted by Crippen LogP contribution is 2.34. The summed E-state index contributed by atoms with van der Waals surface area (Å²) in [5, 5.41) is 0. The third-order valence-electron chi connectivity index (χ3n) is 3.54. The quantitative estimate of drug-likeness (QED) is 0.714. The van der Waals surface area contributed by atoms with Crippen LogP contribution in [-0.4, -0.2) is 11.3 Å². The number of nitrogens with zero attached hydrogens (tertiary/aromatic N) is 1. The Hall–Kier alpha value is -1.42. The molecule has 1 unspecified atom stereocenters. The molecule has 3 rings (SSSR count). The number of carbonyl (C=O) groups excluding carboxylic acids is 1. The molecule has 1 aliphatic carbocycles. The number of carbonyl (C=O) groups is 1. The van der Waals surface area contributed by atoms with Crippen molar-refractivity contribution in [3.8, 4) is 0 Å². The SMILES string of the molecule is Nc1nc2c(c3c1COC3)CC(C=O)CC2. The molecule has 2 aliphatic rings. The molecule has 0 bridgehead atoms. The first-order valence-corrected chi connectivity index (χ1v) is 5.61. The van der Waals surface area contributed by atoms with E-state index in [2.05, 4.69) is 4.98 Å². The smallest absolute Gasteiger partial charge is 0.129 e. The van der Waals surface area contributed by atoms with Crippen LogP contribution in [0, 0.1) is 5.92 Å². The number of ether oxygens (including phenoxy) is 1. The Bertz CT molecular complexity index is 457. The molecule has 0 radical (unpaired) electrons. The van der Waals surface area contributed by atoms with Gasteiger partial charge in [-0.15, -0.1) is 0 Å². The van der Waals surface area contributed by atoms with Crippen molar-refractivity contribution < 1.29 is 9.53 Å². The predicted molar refractivity (Wildman–Crippen MR) is 58.7 cm³/mol. The summed E-state index contributed by atoms with van der Waals surface area (Å²) in [6.45, 7) is 1.18. The van der Waals surface area contributed by atoms with E-state index < -0.39 is 0 Å². The predicted octanol–water partition coefficient (Wildman–Crippen LogP) is 0.998. The van der Waals surface area contributed by atoms with Crippen LogP contribution in [0.4, 0.5) is 5.82 Å². The third-order valence-corrected chi connectivity index (χ3v) is 3.54. The van der Waals surface area contributed by atoms with Gasteiger partial charge in [0.15, 0.2) is 0 Å². The van der Waals surface area contributed by atoms with Gasteiger partial charge in [-0.1, -0.05) is 0 Å². The molecule has 1 aliphatic heterocycles. The van der Waals surface area contributed by atoms with Crippen molar-refractivity contribution in [2.75, 3.05) is 5.73 Å². The fourth-order valence-corrected chi connectivity index (χ4v) is 2.63. The van der Waals surface area contributed by atoms with Crippen molar-refractivity contribution in [1.82, 2.24) is 4.98 Å². The number of nitrogen functional groups attached to an aromatic ring is 1. The van der Waals surface area contributed by atoms with Crippen LogP contribution in [0.2, 0.25) is 0 Å². The maximum atomic E-state index is 10.9. The van der Waals surface area contributed by atoms with Crippen LogP contribution in [0.5, 0.6) is 0 Å². The Morgan fingerprint density at radius 3 is 2.94 bits per heavy atom. The van der Waals surface area contributed by atoms with E-state index in [1.54, 1.807) is 0 Å². The average Bonchev–Trinajstić information content (AvgIpc) is 2.78. The number of aromatic nitrogens is 1. The monoisotopic (exact) mass is 218 g/mol. The highest BCUT2D eigenvalue weighted by Gasteiger charge is 2.27. The Balaban J connectivity index is 2.11. The largest absolute Gasteiger partial charge is 0.383 e. The van der Waals surface area contributed by atoms with Crippen molar-refractivity contribution in [2.45, 2.75) is 32.5 Å². The number of hydrogen-bond acceptors (Lipinski definition) is 4. The number of hydrogen-bond donors (Lipinski definition) is 1. The van der Waals surface area contributed by atoms with E-state index in [0.29, 0.717) is 19.0 Å². The van der Waals surface area contributed by atoms with E-state index in [0.717, 1.165) is 36.8 Å². The molecule has 1 aromatic heterocycles. The summed E-state index contributed by atoms with van der Waals surface area (Å²) in [6, 6.07) is 0. The second-order valence-corrected chi connectivity index (χ2v) is 4.51. The van der Waals surface area contributed by atoms with Gasteiger partial charge in [0, 0.05) is 17.2 Å². The van der Waals surface area contributed by atoms with E-state index in [9.17, 15) is 4.79 Å². The number of rotatable bonds is 1.